The van der Waals surface area contributed by atoms with Crippen LogP contribution in [-0.4, -0.2) is 11.8 Å². The number of rotatable bonds is 7. The number of primary amides is 1. The zero-order chi connectivity index (χ0) is 13.7. The fraction of sp³-hybridized carbons (Fsp3) is 0.400. The third-order valence-electron chi connectivity index (χ3n) is 2.26. The number of hydrogen-bond donors (Lipinski definition) is 3. The first-order valence-corrected chi connectivity index (χ1v) is 5.25. The Labute approximate surface area is 101 Å². The van der Waals surface area contributed by atoms with Crippen molar-refractivity contribution >= 4 is 17.5 Å². The minimum absolute atomic E-state index is 0.0946. The van der Waals surface area contributed by atoms with Gasteiger partial charge in [0.2, 0.25) is 17.6 Å². The van der Waals surface area contributed by atoms with Gasteiger partial charge in [-0.25, -0.2) is 0 Å². The lowest BCUT2D eigenvalue weighted by molar-refractivity contribution is -0.121. The predicted molar refractivity (Wildman–Crippen MR) is 60.7 cm³/mol. The maximum absolute atomic E-state index is 12.7. The largest absolute Gasteiger partial charge is 0.370 e. The molecule has 0 saturated carbocycles. The minimum Gasteiger partial charge on any atom is -0.370 e. The summed E-state index contributed by atoms with van der Waals surface area (Å²) in [6.45, 7) is 0. The molecule has 0 unspecified atom stereocenters. The summed E-state index contributed by atoms with van der Waals surface area (Å²) >= 11 is 0. The highest BCUT2D eigenvalue weighted by Gasteiger charge is 2.20. The normalized spacial score (nSPS) is 10.3. The average molecular weight is 257 g/mol. The van der Waals surface area contributed by atoms with E-state index in [1.165, 1.54) is 0 Å². The first-order chi connectivity index (χ1) is 8.43. The number of nitrogens with one attached hydrogen (secondary N) is 2. The van der Waals surface area contributed by atoms with Crippen LogP contribution in [0.2, 0.25) is 0 Å². The molecule has 7 nitrogen and oxygen atoms in total. The summed E-state index contributed by atoms with van der Waals surface area (Å²) < 4.78 is 12.7. The van der Waals surface area contributed by atoms with Crippen molar-refractivity contribution in [2.75, 3.05) is 5.43 Å². The molecular weight excluding hydrogens is 245 g/mol. The summed E-state index contributed by atoms with van der Waals surface area (Å²) in [6, 6.07) is 0. The van der Waals surface area contributed by atoms with Crippen molar-refractivity contribution in [3.05, 3.63) is 26.3 Å². The molecule has 2 amide bonds. The van der Waals surface area contributed by atoms with Gasteiger partial charge in [0.25, 0.3) is 10.9 Å². The van der Waals surface area contributed by atoms with Crippen LogP contribution in [-0.2, 0) is 9.59 Å². The van der Waals surface area contributed by atoms with Crippen molar-refractivity contribution in [2.45, 2.75) is 25.7 Å². The van der Waals surface area contributed by atoms with Crippen molar-refractivity contribution < 1.29 is 14.0 Å². The van der Waals surface area contributed by atoms with Gasteiger partial charge in [-0.3, -0.25) is 30.0 Å². The van der Waals surface area contributed by atoms with E-state index in [0.717, 1.165) is 0 Å². The Kier molecular flexibility index (Phi) is 4.52. The Bertz CT molecular complexity index is 533. The molecule has 0 aliphatic rings. The fourth-order valence-electron chi connectivity index (χ4n) is 1.26. The molecule has 1 rings (SSSR count). The topological polar surface area (TPSA) is 118 Å². The van der Waals surface area contributed by atoms with Gasteiger partial charge >= 0.3 is 0 Å². The summed E-state index contributed by atoms with van der Waals surface area (Å²) in [7, 11) is 0. The van der Waals surface area contributed by atoms with Crippen molar-refractivity contribution in [2.24, 2.45) is 5.73 Å². The van der Waals surface area contributed by atoms with E-state index < -0.39 is 34.2 Å². The number of carbonyl (C=O) groups is 2. The third-order valence-corrected chi connectivity index (χ3v) is 2.26. The SMILES string of the molecule is NC(=O)CCCCC(=O)NNc1c(F)c(=O)c1=O. The van der Waals surface area contributed by atoms with Crippen molar-refractivity contribution in [1.82, 2.24) is 5.43 Å². The van der Waals surface area contributed by atoms with Crippen LogP contribution in [0.15, 0.2) is 9.59 Å². The maximum atomic E-state index is 12.7. The second-order valence-corrected chi connectivity index (χ2v) is 3.69. The lowest BCUT2D eigenvalue weighted by Crippen LogP contribution is -2.42. The molecule has 0 atom stereocenters. The number of nitrogens with two attached hydrogens (primary N) is 1. The van der Waals surface area contributed by atoms with Crippen LogP contribution in [0.3, 0.4) is 0 Å². The lowest BCUT2D eigenvalue weighted by atomic mass is 10.2. The number of anilines is 1. The summed E-state index contributed by atoms with van der Waals surface area (Å²) in [5.74, 6) is -2.11. The van der Waals surface area contributed by atoms with Gasteiger partial charge in [-0.1, -0.05) is 0 Å². The number of unbranched alkanes of at least 4 members (excludes halogenated alkanes) is 1. The van der Waals surface area contributed by atoms with Gasteiger partial charge in [-0.15, -0.1) is 0 Å². The standard InChI is InChI=1S/C10H12FN3O4/c11-7-8(10(18)9(7)17)14-13-6(16)4-2-1-3-5(12)15/h14H,1-4H2,(H2,12,15)(H,13,16). The average Bonchev–Trinajstić information content (AvgIpc) is 2.33. The van der Waals surface area contributed by atoms with Crippen LogP contribution in [0, 0.1) is 5.82 Å². The van der Waals surface area contributed by atoms with E-state index in [2.05, 4.69) is 5.43 Å². The molecule has 8 heteroatoms. The molecule has 0 saturated heterocycles. The van der Waals surface area contributed by atoms with Gasteiger partial charge in [-0.2, -0.15) is 4.39 Å². The van der Waals surface area contributed by atoms with Gasteiger partial charge in [0.1, 0.15) is 5.69 Å². The van der Waals surface area contributed by atoms with Crippen LogP contribution < -0.4 is 27.4 Å². The molecular formula is C10H12FN3O4. The monoisotopic (exact) mass is 257 g/mol. The van der Waals surface area contributed by atoms with Gasteiger partial charge < -0.3 is 5.73 Å². The van der Waals surface area contributed by atoms with E-state index >= 15 is 0 Å². The van der Waals surface area contributed by atoms with E-state index in [9.17, 15) is 23.6 Å². The van der Waals surface area contributed by atoms with E-state index in [4.69, 9.17) is 5.73 Å². The number of halogens is 1. The van der Waals surface area contributed by atoms with Crippen LogP contribution in [0.1, 0.15) is 25.7 Å². The second-order valence-electron chi connectivity index (χ2n) is 3.69. The molecule has 0 spiro atoms. The Balaban J connectivity index is 2.24. The molecule has 0 fully saturated rings. The summed E-state index contributed by atoms with van der Waals surface area (Å²) in [5.41, 5.74) is 6.29. The molecule has 0 aromatic heterocycles. The number of hydrazine groups is 1. The first-order valence-electron chi connectivity index (χ1n) is 5.25. The highest BCUT2D eigenvalue weighted by molar-refractivity contribution is 5.77. The molecule has 0 radical (unpaired) electrons. The molecule has 0 aliphatic heterocycles. The number of hydrogen-bond acceptors (Lipinski definition) is 5. The van der Waals surface area contributed by atoms with Gasteiger partial charge in [0.15, 0.2) is 0 Å². The second kappa shape index (κ2) is 5.89. The van der Waals surface area contributed by atoms with Crippen molar-refractivity contribution in [1.29, 1.82) is 0 Å². The Morgan fingerprint density at radius 1 is 1.11 bits per heavy atom. The summed E-state index contributed by atoms with van der Waals surface area (Å²) in [5, 5.41) is 0. The maximum Gasteiger partial charge on any atom is 0.265 e. The van der Waals surface area contributed by atoms with E-state index in [1.807, 2.05) is 5.43 Å². The third kappa shape index (κ3) is 3.37. The first kappa shape index (κ1) is 13.8. The van der Waals surface area contributed by atoms with Gasteiger partial charge in [0.05, 0.1) is 0 Å². The van der Waals surface area contributed by atoms with E-state index in [0.29, 0.717) is 12.8 Å². The fourth-order valence-corrected chi connectivity index (χ4v) is 1.26. The van der Waals surface area contributed by atoms with Crippen LogP contribution in [0.5, 0.6) is 0 Å². The van der Waals surface area contributed by atoms with Crippen LogP contribution >= 0.6 is 0 Å². The van der Waals surface area contributed by atoms with Gasteiger partial charge in [0, 0.05) is 12.8 Å². The van der Waals surface area contributed by atoms with Crippen LogP contribution in [0.4, 0.5) is 10.1 Å². The summed E-state index contributed by atoms with van der Waals surface area (Å²) in [4.78, 5) is 42.9. The Morgan fingerprint density at radius 3 is 2.28 bits per heavy atom. The number of amides is 2. The van der Waals surface area contributed by atoms with Crippen LogP contribution in [0.25, 0.3) is 0 Å². The van der Waals surface area contributed by atoms with Gasteiger partial charge in [-0.05, 0) is 12.8 Å². The molecule has 0 aliphatic carbocycles. The predicted octanol–water partition coefficient (Wildman–Crippen LogP) is -1.09. The highest BCUT2D eigenvalue weighted by Crippen LogP contribution is 2.03. The smallest absolute Gasteiger partial charge is 0.265 e. The highest BCUT2D eigenvalue weighted by atomic mass is 19.1. The molecule has 4 N–H and O–H groups in total. The Morgan fingerprint density at radius 2 is 1.72 bits per heavy atom. The minimum atomic E-state index is -1.20. The zero-order valence-electron chi connectivity index (χ0n) is 9.42. The summed E-state index contributed by atoms with van der Waals surface area (Å²) in [6.07, 6.45) is 1.19. The van der Waals surface area contributed by atoms with Crippen molar-refractivity contribution in [3.63, 3.8) is 0 Å². The molecule has 0 heterocycles. The van der Waals surface area contributed by atoms with E-state index in [1.54, 1.807) is 0 Å². The zero-order valence-corrected chi connectivity index (χ0v) is 9.42. The molecule has 18 heavy (non-hydrogen) atoms. The molecule has 1 aromatic rings. The number of carbonyl (C=O) groups excluding carboxylic acids is 2. The van der Waals surface area contributed by atoms with Crippen molar-refractivity contribution in [3.8, 4) is 0 Å². The molecule has 98 valence electrons. The van der Waals surface area contributed by atoms with E-state index in [-0.39, 0.29) is 12.8 Å². The quantitative estimate of drug-likeness (QED) is 0.326. The lowest BCUT2D eigenvalue weighted by Gasteiger charge is -2.09. The molecule has 0 bridgehead atoms. The molecule has 1 aromatic carbocycles. The Hall–Kier alpha value is -2.25.